The second kappa shape index (κ2) is 6.69. The van der Waals surface area contributed by atoms with Gasteiger partial charge in [-0.15, -0.1) is 0 Å². The van der Waals surface area contributed by atoms with Crippen LogP contribution in [0.25, 0.3) is 11.3 Å². The van der Waals surface area contributed by atoms with Crippen molar-refractivity contribution < 1.29 is 14.4 Å². The third-order valence-electron chi connectivity index (χ3n) is 6.22. The number of likely N-dealkylation sites (tertiary alicyclic amines) is 2. The summed E-state index contributed by atoms with van der Waals surface area (Å²) >= 11 is 0. The number of fused-ring (bicyclic) bond motifs is 1. The van der Waals surface area contributed by atoms with Crippen molar-refractivity contribution in [3.8, 4) is 11.3 Å². The molecular weight excluding hydrogens is 368 g/mol. The summed E-state index contributed by atoms with van der Waals surface area (Å²) < 4.78 is 1.59. The molecule has 7 heteroatoms. The van der Waals surface area contributed by atoms with E-state index < -0.39 is 0 Å². The number of carbonyl (C=O) groups is 3. The molecule has 1 aliphatic carbocycles. The first-order chi connectivity index (χ1) is 14.0. The molecule has 0 radical (unpaired) electrons. The van der Waals surface area contributed by atoms with E-state index in [0.29, 0.717) is 31.6 Å². The van der Waals surface area contributed by atoms with Gasteiger partial charge in [0.2, 0.25) is 11.8 Å². The second-order valence-electron chi connectivity index (χ2n) is 7.97. The summed E-state index contributed by atoms with van der Waals surface area (Å²) in [5.41, 5.74) is 2.20. The number of hydrogen-bond acceptors (Lipinski definition) is 4. The molecule has 2 atom stereocenters. The fourth-order valence-electron chi connectivity index (χ4n) is 4.55. The van der Waals surface area contributed by atoms with E-state index in [4.69, 9.17) is 0 Å². The highest BCUT2D eigenvalue weighted by molar-refractivity contribution is 6.06. The minimum Gasteiger partial charge on any atom is -0.333 e. The van der Waals surface area contributed by atoms with Crippen LogP contribution in [-0.4, -0.2) is 56.4 Å². The van der Waals surface area contributed by atoms with E-state index in [1.165, 1.54) is 4.90 Å². The van der Waals surface area contributed by atoms with Crippen LogP contribution in [0.1, 0.15) is 23.3 Å². The predicted octanol–water partition coefficient (Wildman–Crippen LogP) is 1.86. The third-order valence-corrected chi connectivity index (χ3v) is 6.22. The van der Waals surface area contributed by atoms with Crippen LogP contribution in [0.3, 0.4) is 0 Å². The van der Waals surface area contributed by atoms with Crippen molar-refractivity contribution in [1.82, 2.24) is 19.6 Å². The van der Waals surface area contributed by atoms with Gasteiger partial charge in [-0.3, -0.25) is 24.0 Å². The Morgan fingerprint density at radius 2 is 1.62 bits per heavy atom. The Kier molecular flexibility index (Phi) is 4.12. The first kappa shape index (κ1) is 17.8. The average molecular weight is 390 g/mol. The largest absolute Gasteiger partial charge is 0.333 e. The van der Waals surface area contributed by atoms with E-state index in [1.807, 2.05) is 42.5 Å². The molecule has 0 saturated carbocycles. The van der Waals surface area contributed by atoms with Gasteiger partial charge in [0.15, 0.2) is 0 Å². The first-order valence-electron chi connectivity index (χ1n) is 9.95. The molecule has 1 aromatic heterocycles. The number of hydrogen-bond donors (Lipinski definition) is 0. The van der Waals surface area contributed by atoms with Gasteiger partial charge in [0, 0.05) is 25.7 Å². The maximum absolute atomic E-state index is 12.9. The fourth-order valence-corrected chi connectivity index (χ4v) is 4.55. The summed E-state index contributed by atoms with van der Waals surface area (Å²) in [5.74, 6) is -0.719. The summed E-state index contributed by atoms with van der Waals surface area (Å²) in [4.78, 5) is 41.4. The van der Waals surface area contributed by atoms with Gasteiger partial charge in [-0.1, -0.05) is 42.5 Å². The van der Waals surface area contributed by atoms with Gasteiger partial charge in [-0.2, -0.15) is 5.10 Å². The zero-order chi connectivity index (χ0) is 20.1. The molecule has 0 unspecified atom stereocenters. The Bertz CT molecular complexity index is 994. The Balaban J connectivity index is 1.28. The van der Waals surface area contributed by atoms with Crippen LogP contribution in [0.5, 0.6) is 0 Å². The maximum Gasteiger partial charge on any atom is 0.272 e. The standard InChI is InChI=1S/C22H22N4O3/c1-24-19(11-18(23-24)14-7-3-2-4-8-14)22(29)25-12-15(13-25)26-20(27)16-9-5-6-10-17(16)21(26)28/h2-8,11,15-17H,9-10,12-13H2,1H3/t16-,17-/m0/s1. The molecule has 3 heterocycles. The van der Waals surface area contributed by atoms with E-state index in [-0.39, 0.29) is 35.6 Å². The van der Waals surface area contributed by atoms with Gasteiger partial charge in [-0.25, -0.2) is 0 Å². The highest BCUT2D eigenvalue weighted by atomic mass is 16.2. The Morgan fingerprint density at radius 3 is 2.24 bits per heavy atom. The molecule has 148 valence electrons. The van der Waals surface area contributed by atoms with Gasteiger partial charge in [-0.05, 0) is 18.9 Å². The van der Waals surface area contributed by atoms with Crippen molar-refractivity contribution in [2.75, 3.05) is 13.1 Å². The number of aromatic nitrogens is 2. The van der Waals surface area contributed by atoms with Gasteiger partial charge in [0.1, 0.15) is 5.69 Å². The van der Waals surface area contributed by atoms with Gasteiger partial charge < -0.3 is 4.90 Å². The van der Waals surface area contributed by atoms with Gasteiger partial charge in [0.25, 0.3) is 5.91 Å². The van der Waals surface area contributed by atoms with Crippen LogP contribution < -0.4 is 0 Å². The van der Waals surface area contributed by atoms with E-state index in [0.717, 1.165) is 11.3 Å². The quantitative estimate of drug-likeness (QED) is 0.592. The van der Waals surface area contributed by atoms with Crippen molar-refractivity contribution in [1.29, 1.82) is 0 Å². The van der Waals surface area contributed by atoms with Crippen LogP contribution in [0, 0.1) is 11.8 Å². The van der Waals surface area contributed by atoms with Gasteiger partial charge in [0.05, 0.1) is 23.6 Å². The molecule has 2 saturated heterocycles. The van der Waals surface area contributed by atoms with Crippen LogP contribution in [-0.2, 0) is 16.6 Å². The second-order valence-corrected chi connectivity index (χ2v) is 7.97. The smallest absolute Gasteiger partial charge is 0.272 e. The molecule has 0 bridgehead atoms. The first-order valence-corrected chi connectivity index (χ1v) is 9.95. The van der Waals surface area contributed by atoms with Crippen molar-refractivity contribution in [2.24, 2.45) is 18.9 Å². The summed E-state index contributed by atoms with van der Waals surface area (Å²) in [7, 11) is 1.75. The molecule has 2 fully saturated rings. The fraction of sp³-hybridized carbons (Fsp3) is 0.364. The van der Waals surface area contributed by atoms with Crippen molar-refractivity contribution in [3.05, 3.63) is 54.2 Å². The lowest BCUT2D eigenvalue weighted by Crippen LogP contribution is -2.62. The molecule has 5 rings (SSSR count). The van der Waals surface area contributed by atoms with E-state index in [9.17, 15) is 14.4 Å². The molecule has 3 amide bonds. The maximum atomic E-state index is 12.9. The molecule has 3 aliphatic rings. The van der Waals surface area contributed by atoms with Gasteiger partial charge >= 0.3 is 0 Å². The topological polar surface area (TPSA) is 75.5 Å². The molecular formula is C22H22N4O3. The van der Waals surface area contributed by atoms with E-state index in [1.54, 1.807) is 22.7 Å². The summed E-state index contributed by atoms with van der Waals surface area (Å²) in [5, 5.41) is 4.46. The van der Waals surface area contributed by atoms with Crippen LogP contribution in [0.2, 0.25) is 0 Å². The number of imide groups is 1. The molecule has 2 aliphatic heterocycles. The summed E-state index contributed by atoms with van der Waals surface area (Å²) in [6.45, 7) is 0.768. The lowest BCUT2D eigenvalue weighted by atomic mass is 9.85. The lowest BCUT2D eigenvalue weighted by molar-refractivity contribution is -0.145. The van der Waals surface area contributed by atoms with Crippen LogP contribution in [0.15, 0.2) is 48.6 Å². The number of amides is 3. The van der Waals surface area contributed by atoms with Crippen molar-refractivity contribution in [2.45, 2.75) is 18.9 Å². The van der Waals surface area contributed by atoms with Crippen LogP contribution in [0.4, 0.5) is 0 Å². The minimum absolute atomic E-state index is 0.0756. The summed E-state index contributed by atoms with van der Waals surface area (Å²) in [6, 6.07) is 11.3. The third kappa shape index (κ3) is 2.80. The highest BCUT2D eigenvalue weighted by Crippen LogP contribution is 2.37. The highest BCUT2D eigenvalue weighted by Gasteiger charge is 2.52. The molecule has 7 nitrogen and oxygen atoms in total. The average Bonchev–Trinajstić information content (AvgIpc) is 3.21. The van der Waals surface area contributed by atoms with E-state index >= 15 is 0 Å². The number of nitrogens with zero attached hydrogens (tertiary/aromatic N) is 4. The summed E-state index contributed by atoms with van der Waals surface area (Å²) in [6.07, 6.45) is 5.25. The molecule has 1 aromatic carbocycles. The number of aryl methyl sites for hydroxylation is 1. The molecule has 2 aromatic rings. The SMILES string of the molecule is Cn1nc(-c2ccccc2)cc1C(=O)N1CC(N2C(=O)[C@H]3CC=CC[C@@H]3C2=O)C1. The molecule has 0 N–H and O–H groups in total. The number of benzene rings is 1. The Labute approximate surface area is 168 Å². The molecule has 29 heavy (non-hydrogen) atoms. The Hall–Kier alpha value is -3.22. The van der Waals surface area contributed by atoms with Crippen molar-refractivity contribution in [3.63, 3.8) is 0 Å². The predicted molar refractivity (Wildman–Crippen MR) is 106 cm³/mol. The number of allylic oxidation sites excluding steroid dienone is 2. The molecule has 0 spiro atoms. The Morgan fingerprint density at radius 1 is 1.00 bits per heavy atom. The normalized spacial score (nSPS) is 24.0. The minimum atomic E-state index is -0.220. The zero-order valence-electron chi connectivity index (χ0n) is 16.2. The number of rotatable bonds is 3. The monoisotopic (exact) mass is 390 g/mol. The van der Waals surface area contributed by atoms with Crippen LogP contribution >= 0.6 is 0 Å². The number of carbonyl (C=O) groups excluding carboxylic acids is 3. The zero-order valence-corrected chi connectivity index (χ0v) is 16.2. The van der Waals surface area contributed by atoms with E-state index in [2.05, 4.69) is 5.10 Å². The lowest BCUT2D eigenvalue weighted by Gasteiger charge is -2.43. The van der Waals surface area contributed by atoms with Crippen molar-refractivity contribution >= 4 is 17.7 Å².